The fourth-order valence-electron chi connectivity index (χ4n) is 4.27. The highest BCUT2D eigenvalue weighted by molar-refractivity contribution is 5.32. The van der Waals surface area contributed by atoms with Crippen LogP contribution in [0.5, 0.6) is 0 Å². The van der Waals surface area contributed by atoms with Gasteiger partial charge in [-0.1, -0.05) is 119 Å². The van der Waals surface area contributed by atoms with Gasteiger partial charge in [0.15, 0.2) is 6.29 Å². The van der Waals surface area contributed by atoms with Gasteiger partial charge in [0.05, 0.1) is 6.61 Å². The fraction of sp³-hybridized carbons (Fsp3) is 0.800. The third-order valence-electron chi connectivity index (χ3n) is 6.06. The van der Waals surface area contributed by atoms with E-state index >= 15 is 0 Å². The van der Waals surface area contributed by atoms with Crippen LogP contribution in [0, 0.1) is 22.7 Å². The van der Waals surface area contributed by atoms with Gasteiger partial charge in [0.1, 0.15) is 5.76 Å². The number of ether oxygens (including phenoxy) is 2. The van der Waals surface area contributed by atoms with Gasteiger partial charge < -0.3 is 9.47 Å². The van der Waals surface area contributed by atoms with Crippen LogP contribution in [0.2, 0.25) is 0 Å². The second-order valence-corrected chi connectivity index (χ2v) is 12.1. The normalized spacial score (nSPS) is 17.8. The molecule has 1 fully saturated rings. The molecule has 0 radical (unpaired) electrons. The van der Waals surface area contributed by atoms with Crippen molar-refractivity contribution >= 4 is 0 Å². The molecule has 2 unspecified atom stereocenters. The van der Waals surface area contributed by atoms with Gasteiger partial charge in [-0.3, -0.25) is 0 Å². The summed E-state index contributed by atoms with van der Waals surface area (Å²) >= 11 is 0. The maximum atomic E-state index is 5.94. The summed E-state index contributed by atoms with van der Waals surface area (Å²) in [5.41, 5.74) is 2.61. The highest BCUT2D eigenvalue weighted by Crippen LogP contribution is 2.40. The molecule has 0 aromatic rings. The smallest absolute Gasteiger partial charge is 0.196 e. The van der Waals surface area contributed by atoms with Crippen LogP contribution in [0.1, 0.15) is 121 Å². The van der Waals surface area contributed by atoms with Crippen LogP contribution in [0.15, 0.2) is 36.1 Å². The molecule has 0 aromatic heterocycles. The molecule has 0 aliphatic heterocycles. The van der Waals surface area contributed by atoms with Crippen molar-refractivity contribution in [3.05, 3.63) is 36.1 Å². The van der Waals surface area contributed by atoms with Gasteiger partial charge in [-0.05, 0) is 54.9 Å². The highest BCUT2D eigenvalue weighted by atomic mass is 16.7. The molecule has 0 spiro atoms. The molecule has 188 valence electrons. The minimum Gasteiger partial charge on any atom is -0.466 e. The van der Waals surface area contributed by atoms with E-state index in [4.69, 9.17) is 9.47 Å². The van der Waals surface area contributed by atoms with Crippen molar-refractivity contribution in [2.75, 3.05) is 6.61 Å². The van der Waals surface area contributed by atoms with Crippen molar-refractivity contribution in [1.82, 2.24) is 0 Å². The summed E-state index contributed by atoms with van der Waals surface area (Å²) < 4.78 is 11.8. The average molecular weight is 449 g/mol. The molecule has 0 N–H and O–H groups in total. The van der Waals surface area contributed by atoms with Crippen LogP contribution < -0.4 is 0 Å². The molecule has 0 amide bonds. The van der Waals surface area contributed by atoms with Crippen LogP contribution >= 0.6 is 0 Å². The maximum Gasteiger partial charge on any atom is 0.196 e. The minimum absolute atomic E-state index is 0.166. The number of rotatable bonds is 10. The Morgan fingerprint density at radius 1 is 1.00 bits per heavy atom. The molecule has 2 atom stereocenters. The topological polar surface area (TPSA) is 18.5 Å². The molecular formula is C30H56O2. The molecule has 0 saturated heterocycles. The lowest BCUT2D eigenvalue weighted by Crippen LogP contribution is -2.26. The Bertz CT molecular complexity index is 565. The van der Waals surface area contributed by atoms with Gasteiger partial charge in [-0.25, -0.2) is 0 Å². The quantitative estimate of drug-likeness (QED) is 0.188. The molecule has 2 nitrogen and oxygen atoms in total. The Hall–Kier alpha value is -1.02. The van der Waals surface area contributed by atoms with Gasteiger partial charge in [0.25, 0.3) is 0 Å². The molecule has 2 heteroatoms. The van der Waals surface area contributed by atoms with Crippen LogP contribution in [0.3, 0.4) is 0 Å². The molecule has 32 heavy (non-hydrogen) atoms. The Morgan fingerprint density at radius 3 is 2.00 bits per heavy atom. The van der Waals surface area contributed by atoms with Gasteiger partial charge in [-0.15, -0.1) is 0 Å². The predicted molar refractivity (Wildman–Crippen MR) is 143 cm³/mol. The molecule has 1 aliphatic rings. The van der Waals surface area contributed by atoms with Gasteiger partial charge in [-0.2, -0.15) is 0 Å². The average Bonchev–Trinajstić information content (AvgIpc) is 2.66. The number of hydrogen-bond acceptors (Lipinski definition) is 2. The van der Waals surface area contributed by atoms with E-state index in [-0.39, 0.29) is 17.1 Å². The lowest BCUT2D eigenvalue weighted by atomic mass is 9.69. The summed E-state index contributed by atoms with van der Waals surface area (Å²) in [6.45, 7) is 31.4. The van der Waals surface area contributed by atoms with Crippen LogP contribution in [0.25, 0.3) is 0 Å². The minimum atomic E-state index is -0.268. The monoisotopic (exact) mass is 448 g/mol. The second kappa shape index (κ2) is 15.0. The first-order valence-electron chi connectivity index (χ1n) is 13.1. The summed E-state index contributed by atoms with van der Waals surface area (Å²) in [5, 5.41) is 0. The zero-order valence-electron chi connectivity index (χ0n) is 23.4. The van der Waals surface area contributed by atoms with Gasteiger partial charge >= 0.3 is 0 Å². The van der Waals surface area contributed by atoms with E-state index in [1.54, 1.807) is 0 Å². The van der Waals surface area contributed by atoms with E-state index in [9.17, 15) is 0 Å². The van der Waals surface area contributed by atoms with E-state index in [1.165, 1.54) is 38.5 Å². The maximum absolute atomic E-state index is 5.94. The predicted octanol–water partition coefficient (Wildman–Crippen LogP) is 9.87. The number of hydrogen-bond donors (Lipinski definition) is 0. The Morgan fingerprint density at radius 2 is 1.53 bits per heavy atom. The first-order valence-corrected chi connectivity index (χ1v) is 13.1. The van der Waals surface area contributed by atoms with Crippen molar-refractivity contribution in [2.45, 2.75) is 127 Å². The summed E-state index contributed by atoms with van der Waals surface area (Å²) in [4.78, 5) is 0. The molecular weight excluding hydrogens is 392 g/mol. The Kier molecular flexibility index (Phi) is 14.5. The van der Waals surface area contributed by atoms with Crippen molar-refractivity contribution < 1.29 is 9.47 Å². The Labute approximate surface area is 201 Å². The summed E-state index contributed by atoms with van der Waals surface area (Å²) in [7, 11) is 0. The third kappa shape index (κ3) is 14.2. The molecule has 0 aromatic carbocycles. The number of allylic oxidation sites excluding steroid dienone is 3. The molecule has 1 aliphatic carbocycles. The lowest BCUT2D eigenvalue weighted by Gasteiger charge is -2.36. The second-order valence-electron chi connectivity index (χ2n) is 12.1. The van der Waals surface area contributed by atoms with E-state index < -0.39 is 0 Å². The van der Waals surface area contributed by atoms with Crippen molar-refractivity contribution in [1.29, 1.82) is 0 Å². The summed E-state index contributed by atoms with van der Waals surface area (Å²) in [5.74, 6) is 1.93. The van der Waals surface area contributed by atoms with Gasteiger partial charge in [0.2, 0.25) is 0 Å². The van der Waals surface area contributed by atoms with E-state index in [2.05, 4.69) is 81.5 Å². The van der Waals surface area contributed by atoms with Crippen molar-refractivity contribution in [3.63, 3.8) is 0 Å². The third-order valence-corrected chi connectivity index (χ3v) is 6.06. The fourth-order valence-corrected chi connectivity index (χ4v) is 4.27. The summed E-state index contributed by atoms with van der Waals surface area (Å²) in [6, 6.07) is 0. The molecule has 1 saturated carbocycles. The Balaban J connectivity index is 0.00000302. The standard InChI is InChI=1S/C27H48O2.C3H8/c1-20(18-21(2)25(27(8,9)10)19-26(5,6)7)22(3)29-23(4)28-17-16-24-14-12-11-13-15-24;1-3-2/h18,23-25H,2-3,11-17,19H2,1,4-10H3;3H2,1-2H3/b20-18-;. The van der Waals surface area contributed by atoms with E-state index in [1.807, 2.05) is 6.92 Å². The summed E-state index contributed by atoms with van der Waals surface area (Å²) in [6.07, 6.45) is 12.3. The zero-order chi connectivity index (χ0) is 24.9. The first-order chi connectivity index (χ1) is 14.7. The van der Waals surface area contributed by atoms with E-state index in [0.29, 0.717) is 11.7 Å². The first kappa shape index (κ1) is 31.0. The van der Waals surface area contributed by atoms with Crippen LogP contribution in [-0.2, 0) is 9.47 Å². The van der Waals surface area contributed by atoms with E-state index in [0.717, 1.165) is 36.5 Å². The largest absolute Gasteiger partial charge is 0.466 e. The van der Waals surface area contributed by atoms with Crippen molar-refractivity contribution in [2.24, 2.45) is 22.7 Å². The lowest BCUT2D eigenvalue weighted by molar-refractivity contribution is -0.104. The van der Waals surface area contributed by atoms with Crippen molar-refractivity contribution in [3.8, 4) is 0 Å². The SMILES string of the molecule is C=C(OC(C)OCCC1CCCCC1)/C(C)=C\C(=C)C(CC(C)(C)C)C(C)(C)C.CCC. The van der Waals surface area contributed by atoms with Crippen LogP contribution in [0.4, 0.5) is 0 Å². The molecule has 0 bridgehead atoms. The molecule has 1 rings (SSSR count). The zero-order valence-corrected chi connectivity index (χ0v) is 23.4. The van der Waals surface area contributed by atoms with Gasteiger partial charge in [0, 0.05) is 0 Å². The molecule has 0 heterocycles. The van der Waals surface area contributed by atoms with Crippen LogP contribution in [-0.4, -0.2) is 12.9 Å². The highest BCUT2D eigenvalue weighted by Gasteiger charge is 2.30.